The van der Waals surface area contributed by atoms with E-state index in [4.69, 9.17) is 4.98 Å². The van der Waals surface area contributed by atoms with E-state index >= 15 is 0 Å². The van der Waals surface area contributed by atoms with Crippen LogP contribution in [0.4, 0.5) is 0 Å². The van der Waals surface area contributed by atoms with Gasteiger partial charge in [-0.2, -0.15) is 0 Å². The molecule has 0 aliphatic heterocycles. The lowest BCUT2D eigenvalue weighted by Crippen LogP contribution is -3.00. The van der Waals surface area contributed by atoms with Gasteiger partial charge in [0.1, 0.15) is 11.4 Å². The highest BCUT2D eigenvalue weighted by molar-refractivity contribution is 5.47. The molecule has 1 aromatic heterocycles. The SMILES string of the molecule is CC[N+](C)(CC)C(NC=O)c1cccc(C(NC=O)[N+](C)(CC)CC)n1.[I-].[I-]. The van der Waals surface area contributed by atoms with Gasteiger partial charge in [-0.3, -0.25) is 9.59 Å². The number of hydrogen-bond donors (Lipinski definition) is 2. The van der Waals surface area contributed by atoms with Crippen molar-refractivity contribution >= 4 is 12.8 Å². The van der Waals surface area contributed by atoms with E-state index in [2.05, 4.69) is 52.4 Å². The van der Waals surface area contributed by atoms with Crippen molar-refractivity contribution in [3.8, 4) is 0 Å². The molecule has 2 N–H and O–H groups in total. The molecule has 0 aromatic carbocycles. The largest absolute Gasteiger partial charge is 1.00 e. The molecule has 162 valence electrons. The molecule has 0 bridgehead atoms. The lowest BCUT2D eigenvalue weighted by atomic mass is 10.1. The number of quaternary nitrogens is 2. The molecular formula is C19H35I2N5O2. The van der Waals surface area contributed by atoms with Crippen LogP contribution in [0.5, 0.6) is 0 Å². The molecule has 0 fully saturated rings. The van der Waals surface area contributed by atoms with E-state index in [9.17, 15) is 9.59 Å². The maximum atomic E-state index is 11.2. The first-order valence-corrected chi connectivity index (χ1v) is 9.40. The fourth-order valence-electron chi connectivity index (χ4n) is 3.25. The predicted molar refractivity (Wildman–Crippen MR) is 103 cm³/mol. The first kappa shape index (κ1) is 29.7. The van der Waals surface area contributed by atoms with Crippen molar-refractivity contribution in [3.05, 3.63) is 29.6 Å². The number of hydrogen-bond acceptors (Lipinski definition) is 3. The van der Waals surface area contributed by atoms with E-state index in [0.29, 0.717) is 8.97 Å². The second kappa shape index (κ2) is 13.6. The lowest BCUT2D eigenvalue weighted by Gasteiger charge is -2.40. The fraction of sp³-hybridized carbons (Fsp3) is 0.632. The number of halogens is 2. The molecule has 2 amide bonds. The number of carbonyl (C=O) groups excluding carboxylic acids is 2. The first-order chi connectivity index (χ1) is 12.4. The van der Waals surface area contributed by atoms with Gasteiger partial charge in [-0.05, 0) is 39.8 Å². The van der Waals surface area contributed by atoms with Gasteiger partial charge in [0.2, 0.25) is 25.2 Å². The van der Waals surface area contributed by atoms with Crippen molar-refractivity contribution < 1.29 is 66.5 Å². The van der Waals surface area contributed by atoms with E-state index in [1.165, 1.54) is 0 Å². The van der Waals surface area contributed by atoms with E-state index in [1.54, 1.807) is 0 Å². The van der Waals surface area contributed by atoms with Crippen LogP contribution < -0.4 is 58.6 Å². The van der Waals surface area contributed by atoms with Crippen LogP contribution >= 0.6 is 0 Å². The second-order valence-electron chi connectivity index (χ2n) is 7.09. The number of nitrogens with zero attached hydrogens (tertiary/aromatic N) is 3. The van der Waals surface area contributed by atoms with Crippen LogP contribution in [0.1, 0.15) is 51.4 Å². The molecule has 7 nitrogen and oxygen atoms in total. The van der Waals surface area contributed by atoms with Crippen molar-refractivity contribution in [1.82, 2.24) is 15.6 Å². The molecule has 0 radical (unpaired) electrons. The van der Waals surface area contributed by atoms with Crippen LogP contribution in [-0.2, 0) is 9.59 Å². The van der Waals surface area contributed by atoms with Gasteiger partial charge < -0.3 is 67.6 Å². The van der Waals surface area contributed by atoms with Crippen molar-refractivity contribution in [2.75, 3.05) is 40.3 Å². The molecular weight excluding hydrogens is 584 g/mol. The zero-order chi connectivity index (χ0) is 19.8. The van der Waals surface area contributed by atoms with Gasteiger partial charge >= 0.3 is 0 Å². The summed E-state index contributed by atoms with van der Waals surface area (Å²) >= 11 is 0. The van der Waals surface area contributed by atoms with Crippen LogP contribution in [0.2, 0.25) is 0 Å². The summed E-state index contributed by atoms with van der Waals surface area (Å²) in [6, 6.07) is 5.82. The van der Waals surface area contributed by atoms with E-state index in [-0.39, 0.29) is 60.3 Å². The molecule has 2 unspecified atom stereocenters. The van der Waals surface area contributed by atoms with Gasteiger partial charge in [0, 0.05) is 0 Å². The minimum Gasteiger partial charge on any atom is -1.00 e. The number of pyridine rings is 1. The van der Waals surface area contributed by atoms with E-state index < -0.39 is 0 Å². The van der Waals surface area contributed by atoms with Crippen molar-refractivity contribution in [3.63, 3.8) is 0 Å². The Bertz CT molecular complexity index is 548. The quantitative estimate of drug-likeness (QED) is 0.108. The summed E-state index contributed by atoms with van der Waals surface area (Å²) in [6.45, 7) is 11.9. The lowest BCUT2D eigenvalue weighted by molar-refractivity contribution is -0.939. The van der Waals surface area contributed by atoms with Crippen molar-refractivity contribution in [2.24, 2.45) is 0 Å². The zero-order valence-corrected chi connectivity index (χ0v) is 22.1. The van der Waals surface area contributed by atoms with Gasteiger partial charge in [-0.25, -0.2) is 4.98 Å². The molecule has 1 heterocycles. The second-order valence-corrected chi connectivity index (χ2v) is 7.09. The molecule has 2 atom stereocenters. The predicted octanol–water partition coefficient (Wildman–Crippen LogP) is -4.45. The molecule has 9 heteroatoms. The van der Waals surface area contributed by atoms with Crippen LogP contribution in [0.15, 0.2) is 18.2 Å². The van der Waals surface area contributed by atoms with Crippen LogP contribution in [-0.4, -0.2) is 67.0 Å². The topological polar surface area (TPSA) is 71.1 Å². The number of carbonyl (C=O) groups is 2. The Kier molecular flexibility index (Phi) is 14.5. The third-order valence-corrected chi connectivity index (χ3v) is 5.94. The highest BCUT2D eigenvalue weighted by Crippen LogP contribution is 2.26. The summed E-state index contributed by atoms with van der Waals surface area (Å²) in [5, 5.41) is 5.88. The van der Waals surface area contributed by atoms with Gasteiger partial charge in [0.05, 0.1) is 40.3 Å². The van der Waals surface area contributed by atoms with Crippen molar-refractivity contribution in [2.45, 2.75) is 40.0 Å². The zero-order valence-electron chi connectivity index (χ0n) is 17.8. The molecule has 0 saturated heterocycles. The third kappa shape index (κ3) is 6.77. The summed E-state index contributed by atoms with van der Waals surface area (Å²) in [5.41, 5.74) is 1.61. The van der Waals surface area contributed by atoms with Crippen molar-refractivity contribution in [1.29, 1.82) is 0 Å². The molecule has 0 aliphatic carbocycles. The summed E-state index contributed by atoms with van der Waals surface area (Å²) in [5.74, 6) is 0. The van der Waals surface area contributed by atoms with Gasteiger partial charge in [-0.1, -0.05) is 6.07 Å². The highest BCUT2D eigenvalue weighted by Gasteiger charge is 2.35. The minimum atomic E-state index is -0.235. The standard InChI is InChI=1S/C19H33N5O2.2HI/c1-7-23(5,8-2)18(20-14-25)16-12-11-13-17(22-16)19(21-15-26)24(6,9-3)10-4;;/h11-15,18-19H,7-10H2,1-6H3;2*1H. The number of rotatable bonds is 12. The number of amides is 2. The average Bonchev–Trinajstić information content (AvgIpc) is 2.69. The summed E-state index contributed by atoms with van der Waals surface area (Å²) < 4.78 is 1.29. The Morgan fingerprint density at radius 3 is 1.39 bits per heavy atom. The monoisotopic (exact) mass is 619 g/mol. The van der Waals surface area contributed by atoms with Crippen LogP contribution in [0.25, 0.3) is 0 Å². The molecule has 28 heavy (non-hydrogen) atoms. The first-order valence-electron chi connectivity index (χ1n) is 9.40. The van der Waals surface area contributed by atoms with Gasteiger partial charge in [0.15, 0.2) is 0 Å². The van der Waals surface area contributed by atoms with E-state index in [1.807, 2.05) is 18.2 Å². The molecule has 0 aliphatic rings. The Labute approximate surface area is 203 Å². The fourth-order valence-corrected chi connectivity index (χ4v) is 3.25. The van der Waals surface area contributed by atoms with E-state index in [0.717, 1.165) is 50.4 Å². The summed E-state index contributed by atoms with van der Waals surface area (Å²) in [6.07, 6.45) is 1.00. The number of nitrogens with one attached hydrogen (secondary N) is 2. The van der Waals surface area contributed by atoms with Crippen LogP contribution in [0, 0.1) is 0 Å². The maximum absolute atomic E-state index is 11.2. The Morgan fingerprint density at radius 1 is 0.821 bits per heavy atom. The molecule has 0 saturated carbocycles. The molecule has 1 aromatic rings. The highest BCUT2D eigenvalue weighted by atomic mass is 127. The van der Waals surface area contributed by atoms with Gasteiger partial charge in [-0.15, -0.1) is 0 Å². The Balaban J connectivity index is 0. The number of aromatic nitrogens is 1. The Morgan fingerprint density at radius 2 is 1.14 bits per heavy atom. The molecule has 1 rings (SSSR count). The average molecular weight is 619 g/mol. The molecule has 0 spiro atoms. The minimum absolute atomic E-state index is 0. The Hall–Kier alpha value is -0.530. The van der Waals surface area contributed by atoms with Crippen LogP contribution in [0.3, 0.4) is 0 Å². The third-order valence-electron chi connectivity index (χ3n) is 5.94. The summed E-state index contributed by atoms with van der Waals surface area (Å²) in [7, 11) is 4.21. The summed E-state index contributed by atoms with van der Waals surface area (Å²) in [4.78, 5) is 27.3. The maximum Gasteiger partial charge on any atom is 0.211 e. The van der Waals surface area contributed by atoms with Gasteiger partial charge in [0.25, 0.3) is 0 Å². The normalized spacial score (nSPS) is 13.4. The smallest absolute Gasteiger partial charge is 0.211 e.